The van der Waals surface area contributed by atoms with Gasteiger partial charge < -0.3 is 9.64 Å². The summed E-state index contributed by atoms with van der Waals surface area (Å²) in [5, 5.41) is 1.96. The van der Waals surface area contributed by atoms with Gasteiger partial charge in [0.05, 0.1) is 10.6 Å². The second kappa shape index (κ2) is 7.75. The number of carbonyl (C=O) groups is 1. The average molecular weight is 401 g/mol. The van der Waals surface area contributed by atoms with Crippen LogP contribution in [0.25, 0.3) is 10.9 Å². The van der Waals surface area contributed by atoms with E-state index in [0.717, 1.165) is 29.5 Å². The summed E-state index contributed by atoms with van der Waals surface area (Å²) in [7, 11) is 0. The molecule has 1 aliphatic rings. The third kappa shape index (κ3) is 3.87. The van der Waals surface area contributed by atoms with Crippen molar-refractivity contribution in [1.29, 1.82) is 0 Å². The van der Waals surface area contributed by atoms with Crippen molar-refractivity contribution in [1.82, 2.24) is 9.88 Å². The van der Waals surface area contributed by atoms with Crippen LogP contribution in [0, 0.1) is 0 Å². The summed E-state index contributed by atoms with van der Waals surface area (Å²) in [4.78, 5) is 19.0. The molecule has 6 heteroatoms. The summed E-state index contributed by atoms with van der Waals surface area (Å²) < 4.78 is 6.20. The number of nitrogens with zero attached hydrogens (tertiary/aromatic N) is 2. The number of likely N-dealkylation sites (tertiary alicyclic amines) is 1. The summed E-state index contributed by atoms with van der Waals surface area (Å²) in [5.41, 5.74) is 1.35. The Labute approximate surface area is 167 Å². The number of halogens is 2. The molecule has 3 aromatic rings. The zero-order valence-corrected chi connectivity index (χ0v) is 16.1. The fourth-order valence-corrected chi connectivity index (χ4v) is 3.85. The van der Waals surface area contributed by atoms with E-state index in [1.54, 1.807) is 24.4 Å². The number of benzene rings is 2. The van der Waals surface area contributed by atoms with Crippen molar-refractivity contribution < 1.29 is 9.53 Å². The minimum Gasteiger partial charge on any atom is -0.488 e. The van der Waals surface area contributed by atoms with Crippen LogP contribution in [-0.2, 0) is 0 Å². The summed E-state index contributed by atoms with van der Waals surface area (Å²) in [6, 6.07) is 14.8. The third-order valence-corrected chi connectivity index (χ3v) is 5.33. The lowest BCUT2D eigenvalue weighted by molar-refractivity contribution is 0.0598. The smallest absolute Gasteiger partial charge is 0.255 e. The Bertz CT molecular complexity index is 980. The Morgan fingerprint density at radius 3 is 2.63 bits per heavy atom. The Morgan fingerprint density at radius 2 is 1.85 bits per heavy atom. The fourth-order valence-electron chi connectivity index (χ4n) is 3.36. The quantitative estimate of drug-likeness (QED) is 0.604. The van der Waals surface area contributed by atoms with Gasteiger partial charge in [-0.2, -0.15) is 0 Å². The molecule has 0 aliphatic carbocycles. The van der Waals surface area contributed by atoms with E-state index >= 15 is 0 Å². The van der Waals surface area contributed by atoms with E-state index in [4.69, 9.17) is 27.9 Å². The molecule has 0 radical (unpaired) electrons. The summed E-state index contributed by atoms with van der Waals surface area (Å²) in [6.07, 6.45) is 3.36. The molecule has 2 aromatic carbocycles. The minimum absolute atomic E-state index is 0.0577. The van der Waals surface area contributed by atoms with Gasteiger partial charge >= 0.3 is 0 Å². The highest BCUT2D eigenvalue weighted by molar-refractivity contribution is 6.36. The highest BCUT2D eigenvalue weighted by Gasteiger charge is 2.26. The number of aromatic nitrogens is 1. The van der Waals surface area contributed by atoms with Crippen molar-refractivity contribution in [3.63, 3.8) is 0 Å². The molecule has 0 N–H and O–H groups in total. The second-order valence-corrected chi connectivity index (χ2v) is 7.41. The molecule has 1 amide bonds. The number of piperidine rings is 1. The summed E-state index contributed by atoms with van der Waals surface area (Å²) in [5.74, 6) is 0.723. The van der Waals surface area contributed by atoms with Gasteiger partial charge in [-0.05, 0) is 30.3 Å². The van der Waals surface area contributed by atoms with Crippen LogP contribution in [0.1, 0.15) is 23.2 Å². The third-order valence-electron chi connectivity index (χ3n) is 4.78. The fraction of sp³-hybridized carbons (Fsp3) is 0.238. The van der Waals surface area contributed by atoms with Crippen LogP contribution in [-0.4, -0.2) is 35.0 Å². The molecule has 1 aliphatic heterocycles. The van der Waals surface area contributed by atoms with E-state index in [1.807, 2.05) is 35.2 Å². The first-order valence-corrected chi connectivity index (χ1v) is 9.62. The lowest BCUT2D eigenvalue weighted by Crippen LogP contribution is -2.41. The second-order valence-electron chi connectivity index (χ2n) is 6.56. The van der Waals surface area contributed by atoms with Crippen molar-refractivity contribution in [2.24, 2.45) is 0 Å². The number of rotatable bonds is 3. The Balaban J connectivity index is 1.42. The molecule has 1 fully saturated rings. The van der Waals surface area contributed by atoms with E-state index in [0.29, 0.717) is 28.7 Å². The number of fused-ring (bicyclic) bond motifs is 1. The molecule has 27 heavy (non-hydrogen) atoms. The minimum atomic E-state index is -0.0676. The largest absolute Gasteiger partial charge is 0.488 e. The van der Waals surface area contributed by atoms with Gasteiger partial charge in [0, 0.05) is 42.5 Å². The molecule has 4 nitrogen and oxygen atoms in total. The lowest BCUT2D eigenvalue weighted by atomic mass is 10.1. The number of amides is 1. The molecular formula is C21H18Cl2N2O2. The predicted molar refractivity (Wildman–Crippen MR) is 108 cm³/mol. The molecule has 1 saturated heterocycles. The van der Waals surface area contributed by atoms with Gasteiger partial charge in [-0.3, -0.25) is 9.78 Å². The number of hydrogen-bond acceptors (Lipinski definition) is 3. The zero-order chi connectivity index (χ0) is 18.8. The molecule has 0 spiro atoms. The van der Waals surface area contributed by atoms with Crippen molar-refractivity contribution in [3.8, 4) is 5.75 Å². The van der Waals surface area contributed by atoms with Gasteiger partial charge in [0.25, 0.3) is 5.91 Å². The molecule has 0 bridgehead atoms. The number of para-hydroxylation sites is 1. The van der Waals surface area contributed by atoms with Gasteiger partial charge in [-0.25, -0.2) is 0 Å². The summed E-state index contributed by atoms with van der Waals surface area (Å²) >= 11 is 12.1. The van der Waals surface area contributed by atoms with E-state index in [-0.39, 0.29) is 12.0 Å². The zero-order valence-electron chi connectivity index (χ0n) is 14.6. The van der Waals surface area contributed by atoms with Gasteiger partial charge in [-0.1, -0.05) is 41.4 Å². The molecule has 4 rings (SSSR count). The first kappa shape index (κ1) is 18.1. The number of pyridine rings is 1. The van der Waals surface area contributed by atoms with Crippen molar-refractivity contribution in [2.45, 2.75) is 18.9 Å². The van der Waals surface area contributed by atoms with Crippen LogP contribution >= 0.6 is 23.2 Å². The Hall–Kier alpha value is -2.30. The number of ether oxygens (including phenoxy) is 1. The van der Waals surface area contributed by atoms with Crippen molar-refractivity contribution in [2.75, 3.05) is 13.1 Å². The van der Waals surface area contributed by atoms with Gasteiger partial charge in [0.15, 0.2) is 0 Å². The van der Waals surface area contributed by atoms with E-state index in [9.17, 15) is 4.79 Å². The van der Waals surface area contributed by atoms with Crippen LogP contribution in [0.5, 0.6) is 5.75 Å². The Kier molecular flexibility index (Phi) is 5.19. The standard InChI is InChI=1S/C21H18Cl2N2O2/c22-15-6-7-17(18(23)13-15)21(26)25-11-8-16(9-12-25)27-19-5-1-3-14-4-2-10-24-20(14)19/h1-7,10,13,16H,8-9,11-12H2. The average Bonchev–Trinajstić information content (AvgIpc) is 2.68. The molecule has 0 saturated carbocycles. The Morgan fingerprint density at radius 1 is 1.07 bits per heavy atom. The van der Waals surface area contributed by atoms with Crippen LogP contribution in [0.15, 0.2) is 54.7 Å². The highest BCUT2D eigenvalue weighted by Crippen LogP contribution is 2.28. The highest BCUT2D eigenvalue weighted by atomic mass is 35.5. The number of carbonyl (C=O) groups excluding carboxylic acids is 1. The maximum atomic E-state index is 12.7. The predicted octanol–water partition coefficient (Wildman–Crippen LogP) is 5.23. The topological polar surface area (TPSA) is 42.4 Å². The summed E-state index contributed by atoms with van der Waals surface area (Å²) in [6.45, 7) is 1.25. The van der Waals surface area contributed by atoms with E-state index in [2.05, 4.69) is 4.98 Å². The van der Waals surface area contributed by atoms with E-state index in [1.165, 1.54) is 0 Å². The molecular weight excluding hydrogens is 383 g/mol. The van der Waals surface area contributed by atoms with Crippen molar-refractivity contribution in [3.05, 3.63) is 70.3 Å². The molecule has 138 valence electrons. The number of hydrogen-bond donors (Lipinski definition) is 0. The van der Waals surface area contributed by atoms with Crippen molar-refractivity contribution >= 4 is 40.0 Å². The van der Waals surface area contributed by atoms with Crippen LogP contribution < -0.4 is 4.74 Å². The molecule has 1 aromatic heterocycles. The van der Waals surface area contributed by atoms with Gasteiger partial charge in [-0.15, -0.1) is 0 Å². The molecule has 0 atom stereocenters. The lowest BCUT2D eigenvalue weighted by Gasteiger charge is -2.32. The first-order valence-electron chi connectivity index (χ1n) is 8.86. The van der Waals surface area contributed by atoms with Gasteiger partial charge in [0.1, 0.15) is 17.4 Å². The normalized spacial score (nSPS) is 15.1. The van der Waals surface area contributed by atoms with Crippen LogP contribution in [0.4, 0.5) is 0 Å². The molecule has 2 heterocycles. The first-order chi connectivity index (χ1) is 13.1. The van der Waals surface area contributed by atoms with Crippen LogP contribution in [0.3, 0.4) is 0 Å². The maximum Gasteiger partial charge on any atom is 0.255 e. The SMILES string of the molecule is O=C(c1ccc(Cl)cc1Cl)N1CCC(Oc2cccc3cccnc23)CC1. The van der Waals surface area contributed by atoms with Crippen LogP contribution in [0.2, 0.25) is 10.0 Å². The van der Waals surface area contributed by atoms with E-state index < -0.39 is 0 Å². The van der Waals surface area contributed by atoms with Gasteiger partial charge in [0.2, 0.25) is 0 Å². The maximum absolute atomic E-state index is 12.7. The monoisotopic (exact) mass is 400 g/mol. The molecule has 0 unspecified atom stereocenters.